The van der Waals surface area contributed by atoms with Crippen LogP contribution < -0.4 is 0 Å². The van der Waals surface area contributed by atoms with Crippen LogP contribution in [0.4, 0.5) is 0 Å². The van der Waals surface area contributed by atoms with Gasteiger partial charge >= 0.3 is 11.9 Å². The van der Waals surface area contributed by atoms with E-state index in [9.17, 15) is 9.59 Å². The van der Waals surface area contributed by atoms with E-state index in [2.05, 4.69) is 13.2 Å². The number of carbonyl (C=O) groups is 2. The summed E-state index contributed by atoms with van der Waals surface area (Å²) in [6, 6.07) is 0. The molecule has 0 fully saturated rings. The summed E-state index contributed by atoms with van der Waals surface area (Å²) in [5.41, 5.74) is 0. The van der Waals surface area contributed by atoms with Gasteiger partial charge in [0, 0.05) is 0 Å². The lowest BCUT2D eigenvalue weighted by atomic mass is 9.83. The number of hydrogen-bond donors (Lipinski definition) is 0. The molecule has 0 radical (unpaired) electrons. The van der Waals surface area contributed by atoms with Gasteiger partial charge in [-0.1, -0.05) is 24.3 Å². The Morgan fingerprint density at radius 1 is 0.950 bits per heavy atom. The summed E-state index contributed by atoms with van der Waals surface area (Å²) in [4.78, 5) is 24.0. The van der Waals surface area contributed by atoms with Gasteiger partial charge in [-0.15, -0.1) is 13.2 Å². The van der Waals surface area contributed by atoms with Crippen molar-refractivity contribution >= 4 is 11.9 Å². The highest BCUT2D eigenvalue weighted by atomic mass is 16.5. The normalized spacial score (nSPS) is 21.0. The minimum absolute atomic E-state index is 0.306. The van der Waals surface area contributed by atoms with Crippen molar-refractivity contribution < 1.29 is 19.1 Å². The summed E-state index contributed by atoms with van der Waals surface area (Å²) >= 11 is 0. The van der Waals surface area contributed by atoms with Gasteiger partial charge in [0.2, 0.25) is 0 Å². The number of carbonyl (C=O) groups excluding carboxylic acids is 2. The molecule has 0 aromatic carbocycles. The van der Waals surface area contributed by atoms with E-state index in [1.54, 1.807) is 12.2 Å². The maximum atomic E-state index is 12.0. The molecule has 0 bridgehead atoms. The summed E-state index contributed by atoms with van der Waals surface area (Å²) in [7, 11) is 0. The van der Waals surface area contributed by atoms with Gasteiger partial charge in [-0.25, -0.2) is 0 Å². The van der Waals surface area contributed by atoms with Crippen molar-refractivity contribution in [3.05, 3.63) is 37.5 Å². The second-order valence-corrected chi connectivity index (χ2v) is 4.65. The van der Waals surface area contributed by atoms with Crippen molar-refractivity contribution in [2.45, 2.75) is 25.7 Å². The van der Waals surface area contributed by atoms with E-state index < -0.39 is 11.8 Å². The van der Waals surface area contributed by atoms with Crippen molar-refractivity contribution in [3.8, 4) is 0 Å². The molecule has 0 saturated carbocycles. The van der Waals surface area contributed by atoms with Crippen LogP contribution in [0, 0.1) is 11.8 Å². The molecule has 0 aliphatic heterocycles. The van der Waals surface area contributed by atoms with Gasteiger partial charge in [-0.3, -0.25) is 9.59 Å². The first-order valence-electron chi connectivity index (χ1n) is 6.90. The van der Waals surface area contributed by atoms with Crippen LogP contribution in [-0.4, -0.2) is 25.2 Å². The fourth-order valence-corrected chi connectivity index (χ4v) is 2.03. The van der Waals surface area contributed by atoms with Crippen LogP contribution >= 0.6 is 0 Å². The van der Waals surface area contributed by atoms with Crippen LogP contribution in [0.25, 0.3) is 0 Å². The smallest absolute Gasteiger partial charge is 0.310 e. The molecule has 20 heavy (non-hydrogen) atoms. The molecule has 4 nitrogen and oxygen atoms in total. The largest absolute Gasteiger partial charge is 0.465 e. The van der Waals surface area contributed by atoms with Gasteiger partial charge in [-0.2, -0.15) is 0 Å². The Kier molecular flexibility index (Phi) is 7.40. The zero-order chi connectivity index (χ0) is 14.8. The molecule has 0 amide bonds. The fourth-order valence-electron chi connectivity index (χ4n) is 2.03. The monoisotopic (exact) mass is 278 g/mol. The van der Waals surface area contributed by atoms with E-state index in [1.807, 2.05) is 12.2 Å². The first-order chi connectivity index (χ1) is 9.70. The van der Waals surface area contributed by atoms with Crippen LogP contribution in [0.15, 0.2) is 37.5 Å². The maximum Gasteiger partial charge on any atom is 0.310 e. The van der Waals surface area contributed by atoms with Crippen LogP contribution in [0.1, 0.15) is 25.7 Å². The first-order valence-corrected chi connectivity index (χ1v) is 6.90. The number of esters is 2. The highest BCUT2D eigenvalue weighted by Gasteiger charge is 2.36. The SMILES string of the molecule is C=CCCOC(=O)C1CC=CCC1C(=O)OCCC=C. The third-order valence-electron chi connectivity index (χ3n) is 3.17. The number of ether oxygens (including phenoxy) is 2. The summed E-state index contributed by atoms with van der Waals surface area (Å²) in [6.07, 6.45) is 9.47. The Balaban J connectivity index is 2.55. The Labute approximate surface area is 120 Å². The van der Waals surface area contributed by atoms with Crippen LogP contribution in [0.2, 0.25) is 0 Å². The highest BCUT2D eigenvalue weighted by Crippen LogP contribution is 2.28. The highest BCUT2D eigenvalue weighted by molar-refractivity contribution is 5.82. The standard InChI is InChI=1S/C16H22O4/c1-3-5-11-19-15(17)13-9-7-8-10-14(13)16(18)20-12-6-4-2/h3-4,7-8,13-14H,1-2,5-6,9-12H2. The van der Waals surface area contributed by atoms with E-state index >= 15 is 0 Å². The van der Waals surface area contributed by atoms with Gasteiger partial charge in [-0.05, 0) is 25.7 Å². The molecule has 4 heteroatoms. The molecular formula is C16H22O4. The first kappa shape index (κ1) is 16.2. The molecule has 2 unspecified atom stereocenters. The zero-order valence-electron chi connectivity index (χ0n) is 11.8. The van der Waals surface area contributed by atoms with Crippen LogP contribution in [0.5, 0.6) is 0 Å². The van der Waals surface area contributed by atoms with E-state index in [-0.39, 0.29) is 11.9 Å². The molecular weight excluding hydrogens is 256 g/mol. The lowest BCUT2D eigenvalue weighted by Crippen LogP contribution is -2.33. The molecule has 1 aliphatic rings. The van der Waals surface area contributed by atoms with Crippen molar-refractivity contribution in [3.63, 3.8) is 0 Å². The second kappa shape index (κ2) is 9.13. The van der Waals surface area contributed by atoms with Crippen LogP contribution in [-0.2, 0) is 19.1 Å². The Hall–Kier alpha value is -1.84. The van der Waals surface area contributed by atoms with E-state index in [1.165, 1.54) is 0 Å². The van der Waals surface area contributed by atoms with Gasteiger partial charge in [0.05, 0.1) is 25.0 Å². The predicted molar refractivity (Wildman–Crippen MR) is 76.9 cm³/mol. The molecule has 0 N–H and O–H groups in total. The minimum atomic E-state index is -0.443. The predicted octanol–water partition coefficient (Wildman–Crippen LogP) is 2.81. The third-order valence-corrected chi connectivity index (χ3v) is 3.17. The molecule has 0 heterocycles. The van der Waals surface area contributed by atoms with Gasteiger partial charge in [0.1, 0.15) is 0 Å². The number of allylic oxidation sites excluding steroid dienone is 2. The molecule has 1 rings (SSSR count). The summed E-state index contributed by atoms with van der Waals surface area (Å²) in [5, 5.41) is 0. The molecule has 110 valence electrons. The number of rotatable bonds is 8. The lowest BCUT2D eigenvalue weighted by molar-refractivity contribution is -0.160. The average Bonchev–Trinajstić information content (AvgIpc) is 2.47. The fraction of sp³-hybridized carbons (Fsp3) is 0.500. The van der Waals surface area contributed by atoms with E-state index in [4.69, 9.17) is 9.47 Å². The van der Waals surface area contributed by atoms with Crippen molar-refractivity contribution in [2.24, 2.45) is 11.8 Å². The van der Waals surface area contributed by atoms with Crippen molar-refractivity contribution in [2.75, 3.05) is 13.2 Å². The Morgan fingerprint density at radius 3 is 1.70 bits per heavy atom. The average molecular weight is 278 g/mol. The summed E-state index contributed by atoms with van der Waals surface area (Å²) in [5.74, 6) is -1.55. The molecule has 0 aromatic rings. The maximum absolute atomic E-state index is 12.0. The van der Waals surface area contributed by atoms with Crippen LogP contribution in [0.3, 0.4) is 0 Å². The minimum Gasteiger partial charge on any atom is -0.465 e. The topological polar surface area (TPSA) is 52.6 Å². The zero-order valence-corrected chi connectivity index (χ0v) is 11.8. The number of hydrogen-bond acceptors (Lipinski definition) is 4. The second-order valence-electron chi connectivity index (χ2n) is 4.65. The molecule has 0 aromatic heterocycles. The van der Waals surface area contributed by atoms with Crippen molar-refractivity contribution in [1.29, 1.82) is 0 Å². The molecule has 0 spiro atoms. The molecule has 2 atom stereocenters. The van der Waals surface area contributed by atoms with E-state index in [0.717, 1.165) is 0 Å². The van der Waals surface area contributed by atoms with Gasteiger partial charge < -0.3 is 9.47 Å². The molecule has 0 saturated heterocycles. The Bertz CT molecular complexity index is 348. The Morgan fingerprint density at radius 2 is 1.35 bits per heavy atom. The summed E-state index contributed by atoms with van der Waals surface area (Å²) in [6.45, 7) is 7.75. The quantitative estimate of drug-likeness (QED) is 0.389. The van der Waals surface area contributed by atoms with Gasteiger partial charge in [0.25, 0.3) is 0 Å². The van der Waals surface area contributed by atoms with Crippen molar-refractivity contribution in [1.82, 2.24) is 0 Å². The summed E-state index contributed by atoms with van der Waals surface area (Å²) < 4.78 is 10.3. The lowest BCUT2D eigenvalue weighted by Gasteiger charge is -2.25. The molecule has 1 aliphatic carbocycles. The van der Waals surface area contributed by atoms with Gasteiger partial charge in [0.15, 0.2) is 0 Å². The third kappa shape index (κ3) is 5.03. The van der Waals surface area contributed by atoms with E-state index in [0.29, 0.717) is 38.9 Å².